The first kappa shape index (κ1) is 22.5. The Morgan fingerprint density at radius 2 is 1.97 bits per heavy atom. The number of halogens is 3. The van der Waals surface area contributed by atoms with E-state index in [4.69, 9.17) is 15.6 Å². The van der Waals surface area contributed by atoms with Crippen LogP contribution in [-0.2, 0) is 4.74 Å². The summed E-state index contributed by atoms with van der Waals surface area (Å²) < 4.78 is 51.3. The summed E-state index contributed by atoms with van der Waals surface area (Å²) >= 11 is 0. The second-order valence-corrected chi connectivity index (χ2v) is 9.62. The summed E-state index contributed by atoms with van der Waals surface area (Å²) in [6.07, 6.45) is 2.72. The number of aromatic nitrogens is 3. The molecule has 0 aromatic carbocycles. The highest BCUT2D eigenvalue weighted by Crippen LogP contribution is 2.64. The molecule has 2 aliphatic carbocycles. The summed E-state index contributed by atoms with van der Waals surface area (Å²) in [6, 6.07) is 4.05. The van der Waals surface area contributed by atoms with E-state index in [2.05, 4.69) is 28.5 Å². The average Bonchev–Trinajstić information content (AvgIpc) is 3.10. The molecule has 33 heavy (non-hydrogen) atoms. The number of alkyl halides is 3. The van der Waals surface area contributed by atoms with Crippen molar-refractivity contribution in [2.45, 2.75) is 57.5 Å². The van der Waals surface area contributed by atoms with Crippen LogP contribution in [0.3, 0.4) is 0 Å². The molecule has 3 heterocycles. The molecule has 1 saturated heterocycles. The lowest BCUT2D eigenvalue weighted by molar-refractivity contribution is -0.0494. The van der Waals surface area contributed by atoms with Crippen LogP contribution < -0.4 is 10.5 Å². The van der Waals surface area contributed by atoms with E-state index in [1.54, 1.807) is 0 Å². The quantitative estimate of drug-likeness (QED) is 0.698. The topological polar surface area (TPSA) is 78.4 Å². The van der Waals surface area contributed by atoms with Gasteiger partial charge in [0, 0.05) is 48.5 Å². The average molecular weight is 466 g/mol. The normalized spacial score (nSPS) is 30.0. The van der Waals surface area contributed by atoms with E-state index >= 15 is 0 Å². The Balaban J connectivity index is 1.34. The Kier molecular flexibility index (Phi) is 5.98. The van der Waals surface area contributed by atoms with Crippen LogP contribution in [0.5, 0.6) is 5.75 Å². The fourth-order valence-corrected chi connectivity index (χ4v) is 5.67. The molecule has 2 N–H and O–H groups in total. The summed E-state index contributed by atoms with van der Waals surface area (Å²) in [5.74, 6) is 1.29. The van der Waals surface area contributed by atoms with E-state index in [-0.39, 0.29) is 24.2 Å². The highest BCUT2D eigenvalue weighted by molar-refractivity contribution is 5.64. The molecule has 5 atom stereocenters. The predicted octanol–water partition coefficient (Wildman–Crippen LogP) is 3.87. The molecule has 2 unspecified atom stereocenters. The number of anilines is 1. The van der Waals surface area contributed by atoms with Crippen molar-refractivity contribution in [1.82, 2.24) is 19.7 Å². The van der Waals surface area contributed by atoms with Gasteiger partial charge in [0.1, 0.15) is 6.17 Å². The van der Waals surface area contributed by atoms with Crippen LogP contribution in [0.25, 0.3) is 11.3 Å². The lowest BCUT2D eigenvalue weighted by Crippen LogP contribution is -2.39. The highest BCUT2D eigenvalue weighted by Gasteiger charge is 2.58. The molecule has 180 valence electrons. The van der Waals surface area contributed by atoms with Gasteiger partial charge in [0.25, 0.3) is 0 Å². The maximum Gasteiger partial charge on any atom is 0.387 e. The summed E-state index contributed by atoms with van der Waals surface area (Å²) in [4.78, 5) is 6.27. The standard InChI is InChI=1S/C23H30F3N5O2/c1-12(2)31-19(8-18(29-31)13-5-20(33-23(25)26)22(27)28-9-13)21-16-6-15(7-17(16)21)30-3-4-32-11-14(24)10-30/h5,8-9,12,14-17,21,23H,3-4,6-7,10-11H2,1-2H3,(H2,27,28)/t14-,15?,16-,17+,21?/m1/s1. The fraction of sp³-hybridized carbons (Fsp3) is 0.652. The summed E-state index contributed by atoms with van der Waals surface area (Å²) in [7, 11) is 0. The molecule has 5 rings (SSSR count). The first-order valence-electron chi connectivity index (χ1n) is 11.6. The number of nitrogen functional groups attached to an aromatic ring is 1. The van der Waals surface area contributed by atoms with E-state index in [0.717, 1.165) is 25.1 Å². The molecule has 7 nitrogen and oxygen atoms in total. The molecule has 2 aromatic heterocycles. The van der Waals surface area contributed by atoms with Crippen molar-refractivity contribution >= 4 is 5.82 Å². The van der Waals surface area contributed by atoms with Crippen LogP contribution >= 0.6 is 0 Å². The first-order valence-corrected chi connectivity index (χ1v) is 11.6. The number of nitrogens with two attached hydrogens (primary N) is 1. The van der Waals surface area contributed by atoms with Crippen molar-refractivity contribution in [2.24, 2.45) is 11.8 Å². The fourth-order valence-electron chi connectivity index (χ4n) is 5.67. The third kappa shape index (κ3) is 4.42. The number of ether oxygens (including phenoxy) is 2. The van der Waals surface area contributed by atoms with Crippen LogP contribution in [-0.4, -0.2) is 64.8 Å². The van der Waals surface area contributed by atoms with Gasteiger partial charge >= 0.3 is 6.61 Å². The van der Waals surface area contributed by atoms with Gasteiger partial charge in [0.2, 0.25) is 0 Å². The van der Waals surface area contributed by atoms with Crippen molar-refractivity contribution < 1.29 is 22.6 Å². The minimum Gasteiger partial charge on any atom is -0.431 e. The zero-order valence-electron chi connectivity index (χ0n) is 18.8. The number of rotatable bonds is 6. The van der Waals surface area contributed by atoms with Gasteiger partial charge in [0.05, 0.1) is 18.9 Å². The SMILES string of the molecule is CC(C)n1nc(-c2cnc(N)c(OC(F)F)c2)cc1C1[C@H]2CC(N3CCOC[C@H](F)C3)C[C@@H]12. The van der Waals surface area contributed by atoms with Gasteiger partial charge in [-0.05, 0) is 50.7 Å². The number of fused-ring (bicyclic) bond motifs is 1. The van der Waals surface area contributed by atoms with Crippen LogP contribution in [0, 0.1) is 11.8 Å². The monoisotopic (exact) mass is 465 g/mol. The molecular weight excluding hydrogens is 435 g/mol. The second-order valence-electron chi connectivity index (χ2n) is 9.62. The Labute approximate surface area is 191 Å². The van der Waals surface area contributed by atoms with Crippen LogP contribution in [0.4, 0.5) is 19.0 Å². The number of nitrogens with zero attached hydrogens (tertiary/aromatic N) is 4. The Hall–Kier alpha value is -2.33. The minimum absolute atomic E-state index is 0.0836. The molecule has 0 amide bonds. The van der Waals surface area contributed by atoms with Gasteiger partial charge < -0.3 is 15.2 Å². The summed E-state index contributed by atoms with van der Waals surface area (Å²) in [6.45, 7) is 3.20. The van der Waals surface area contributed by atoms with E-state index in [1.807, 2.05) is 10.7 Å². The largest absolute Gasteiger partial charge is 0.431 e. The Bertz CT molecular complexity index is 988. The minimum atomic E-state index is -2.98. The smallest absolute Gasteiger partial charge is 0.387 e. The number of hydrogen-bond acceptors (Lipinski definition) is 6. The zero-order valence-corrected chi connectivity index (χ0v) is 18.8. The highest BCUT2D eigenvalue weighted by atomic mass is 19.3. The van der Waals surface area contributed by atoms with Crippen molar-refractivity contribution in [2.75, 3.05) is 32.0 Å². The second kappa shape index (κ2) is 8.79. The molecule has 3 fully saturated rings. The maximum atomic E-state index is 14.0. The van der Waals surface area contributed by atoms with Crippen molar-refractivity contribution in [3.8, 4) is 17.0 Å². The maximum absolute atomic E-state index is 14.0. The van der Waals surface area contributed by atoms with E-state index in [0.29, 0.717) is 48.2 Å². The van der Waals surface area contributed by atoms with Crippen LogP contribution in [0.1, 0.15) is 44.3 Å². The first-order chi connectivity index (χ1) is 15.8. The third-order valence-electron chi connectivity index (χ3n) is 7.18. The molecular formula is C23H30F3N5O2. The van der Waals surface area contributed by atoms with Gasteiger partial charge in [-0.2, -0.15) is 13.9 Å². The Morgan fingerprint density at radius 1 is 1.21 bits per heavy atom. The van der Waals surface area contributed by atoms with Crippen LogP contribution in [0.2, 0.25) is 0 Å². The van der Waals surface area contributed by atoms with Crippen LogP contribution in [0.15, 0.2) is 18.3 Å². The third-order valence-corrected chi connectivity index (χ3v) is 7.18. The van der Waals surface area contributed by atoms with Gasteiger partial charge in [-0.15, -0.1) is 0 Å². The molecule has 2 aromatic rings. The van der Waals surface area contributed by atoms with E-state index in [9.17, 15) is 13.2 Å². The summed E-state index contributed by atoms with van der Waals surface area (Å²) in [5, 5.41) is 4.77. The van der Waals surface area contributed by atoms with Gasteiger partial charge in [-0.1, -0.05) is 0 Å². The molecule has 2 saturated carbocycles. The van der Waals surface area contributed by atoms with Gasteiger partial charge in [-0.25, -0.2) is 9.37 Å². The molecule has 10 heteroatoms. The van der Waals surface area contributed by atoms with Gasteiger partial charge in [0.15, 0.2) is 11.6 Å². The molecule has 0 bridgehead atoms. The number of hydrogen-bond donors (Lipinski definition) is 1. The molecule has 3 aliphatic rings. The van der Waals surface area contributed by atoms with Crippen molar-refractivity contribution in [3.05, 3.63) is 24.0 Å². The van der Waals surface area contributed by atoms with Crippen molar-refractivity contribution in [3.63, 3.8) is 0 Å². The number of pyridine rings is 1. The lowest BCUT2D eigenvalue weighted by atomic mass is 10.0. The Morgan fingerprint density at radius 3 is 2.67 bits per heavy atom. The van der Waals surface area contributed by atoms with E-state index in [1.165, 1.54) is 12.3 Å². The predicted molar refractivity (Wildman–Crippen MR) is 117 cm³/mol. The molecule has 1 aliphatic heterocycles. The zero-order chi connectivity index (χ0) is 23.3. The lowest BCUT2D eigenvalue weighted by Gasteiger charge is -2.29. The molecule has 0 spiro atoms. The summed E-state index contributed by atoms with van der Waals surface area (Å²) in [5.41, 5.74) is 8.09. The van der Waals surface area contributed by atoms with Crippen molar-refractivity contribution in [1.29, 1.82) is 0 Å². The molecule has 0 radical (unpaired) electrons. The van der Waals surface area contributed by atoms with E-state index < -0.39 is 12.8 Å². The van der Waals surface area contributed by atoms with Gasteiger partial charge in [-0.3, -0.25) is 9.58 Å².